The molecule has 154 valence electrons. The number of nitrogens with one attached hydrogen (secondary N) is 2. The number of hydrogen-bond donors (Lipinski definition) is 2. The quantitative estimate of drug-likeness (QED) is 0.597. The largest absolute Gasteiger partial charge is 0.495 e. The first-order chi connectivity index (χ1) is 14.5. The van der Waals surface area contributed by atoms with E-state index >= 15 is 0 Å². The van der Waals surface area contributed by atoms with Crippen LogP contribution in [0.2, 0.25) is 0 Å². The molecular formula is C24H24N2O4. The lowest BCUT2D eigenvalue weighted by molar-refractivity contribution is -0.122. The van der Waals surface area contributed by atoms with Gasteiger partial charge < -0.3 is 20.1 Å². The smallest absolute Gasteiger partial charge is 0.265 e. The van der Waals surface area contributed by atoms with Crippen molar-refractivity contribution in [3.63, 3.8) is 0 Å². The molecule has 0 saturated carbocycles. The maximum Gasteiger partial charge on any atom is 0.265 e. The second-order valence-corrected chi connectivity index (χ2v) is 6.74. The minimum atomic E-state index is -0.735. The van der Waals surface area contributed by atoms with E-state index < -0.39 is 6.10 Å². The molecule has 6 heteroatoms. The molecule has 0 aliphatic rings. The van der Waals surface area contributed by atoms with Crippen LogP contribution in [-0.4, -0.2) is 25.0 Å². The molecule has 0 spiro atoms. The first-order valence-corrected chi connectivity index (χ1v) is 9.55. The molecule has 3 rings (SSSR count). The number of carbonyl (C=O) groups is 2. The molecule has 0 aliphatic carbocycles. The standard InChI is InChI=1S/C24H24N2O4/c1-16(30-21-12-9-19(10-13-21)18-7-5-4-6-8-18)24(28)26-22-15-20(25-17(2)27)11-14-23(22)29-3/h4-16H,1-3H3,(H,25,27)(H,26,28). The van der Waals surface area contributed by atoms with E-state index in [1.165, 1.54) is 14.0 Å². The van der Waals surface area contributed by atoms with Gasteiger partial charge in [-0.1, -0.05) is 42.5 Å². The molecule has 6 nitrogen and oxygen atoms in total. The van der Waals surface area contributed by atoms with Gasteiger partial charge >= 0.3 is 0 Å². The van der Waals surface area contributed by atoms with E-state index in [9.17, 15) is 9.59 Å². The van der Waals surface area contributed by atoms with Gasteiger partial charge in [-0.05, 0) is 48.4 Å². The number of anilines is 2. The van der Waals surface area contributed by atoms with E-state index in [-0.39, 0.29) is 11.8 Å². The Morgan fingerprint density at radius 3 is 2.17 bits per heavy atom. The van der Waals surface area contributed by atoms with Crippen molar-refractivity contribution in [3.8, 4) is 22.6 Å². The molecule has 0 bridgehead atoms. The van der Waals surface area contributed by atoms with E-state index in [4.69, 9.17) is 9.47 Å². The number of benzene rings is 3. The summed E-state index contributed by atoms with van der Waals surface area (Å²) in [5.41, 5.74) is 3.19. The number of hydrogen-bond acceptors (Lipinski definition) is 4. The molecule has 2 amide bonds. The van der Waals surface area contributed by atoms with Crippen LogP contribution < -0.4 is 20.1 Å². The fourth-order valence-electron chi connectivity index (χ4n) is 2.94. The van der Waals surface area contributed by atoms with Gasteiger partial charge in [-0.2, -0.15) is 0 Å². The van der Waals surface area contributed by atoms with Crippen molar-refractivity contribution >= 4 is 23.2 Å². The van der Waals surface area contributed by atoms with Gasteiger partial charge in [0, 0.05) is 12.6 Å². The van der Waals surface area contributed by atoms with Gasteiger partial charge in [0.15, 0.2) is 6.10 Å². The topological polar surface area (TPSA) is 76.7 Å². The van der Waals surface area contributed by atoms with Crippen LogP contribution in [0.5, 0.6) is 11.5 Å². The molecule has 2 N–H and O–H groups in total. The third kappa shape index (κ3) is 5.38. The minimum absolute atomic E-state index is 0.201. The van der Waals surface area contributed by atoms with Crippen molar-refractivity contribution in [1.82, 2.24) is 0 Å². The molecule has 0 aliphatic heterocycles. The Balaban J connectivity index is 1.67. The van der Waals surface area contributed by atoms with Crippen LogP contribution in [0.15, 0.2) is 72.8 Å². The highest BCUT2D eigenvalue weighted by atomic mass is 16.5. The summed E-state index contributed by atoms with van der Waals surface area (Å²) in [4.78, 5) is 23.9. The zero-order valence-electron chi connectivity index (χ0n) is 17.1. The van der Waals surface area contributed by atoms with Gasteiger partial charge in [0.1, 0.15) is 11.5 Å². The van der Waals surface area contributed by atoms with Crippen molar-refractivity contribution in [2.24, 2.45) is 0 Å². The van der Waals surface area contributed by atoms with Gasteiger partial charge in [-0.15, -0.1) is 0 Å². The molecule has 3 aromatic carbocycles. The predicted octanol–water partition coefficient (Wildman–Crippen LogP) is 4.73. The molecular weight excluding hydrogens is 380 g/mol. The number of carbonyl (C=O) groups excluding carboxylic acids is 2. The molecule has 30 heavy (non-hydrogen) atoms. The molecule has 0 radical (unpaired) electrons. The highest BCUT2D eigenvalue weighted by Crippen LogP contribution is 2.28. The van der Waals surface area contributed by atoms with Crippen LogP contribution in [0.1, 0.15) is 13.8 Å². The molecule has 0 saturated heterocycles. The fraction of sp³-hybridized carbons (Fsp3) is 0.167. The summed E-state index contributed by atoms with van der Waals surface area (Å²) in [5.74, 6) is 0.543. The van der Waals surface area contributed by atoms with Gasteiger partial charge in [0.2, 0.25) is 5.91 Å². The SMILES string of the molecule is COc1ccc(NC(C)=O)cc1NC(=O)C(C)Oc1ccc(-c2ccccc2)cc1. The van der Waals surface area contributed by atoms with Crippen LogP contribution in [0.25, 0.3) is 11.1 Å². The third-order valence-electron chi connectivity index (χ3n) is 4.42. The second-order valence-electron chi connectivity index (χ2n) is 6.74. The van der Waals surface area contributed by atoms with Crippen molar-refractivity contribution in [3.05, 3.63) is 72.8 Å². The predicted molar refractivity (Wildman–Crippen MR) is 118 cm³/mol. The summed E-state index contributed by atoms with van der Waals surface area (Å²) in [6.07, 6.45) is -0.735. The summed E-state index contributed by atoms with van der Waals surface area (Å²) < 4.78 is 11.1. The molecule has 0 aromatic heterocycles. The molecule has 0 fully saturated rings. The monoisotopic (exact) mass is 404 g/mol. The maximum absolute atomic E-state index is 12.6. The minimum Gasteiger partial charge on any atom is -0.495 e. The Morgan fingerprint density at radius 1 is 0.867 bits per heavy atom. The zero-order chi connectivity index (χ0) is 21.5. The lowest BCUT2D eigenvalue weighted by Gasteiger charge is -2.17. The lowest BCUT2D eigenvalue weighted by Crippen LogP contribution is -2.30. The van der Waals surface area contributed by atoms with E-state index in [0.717, 1.165) is 11.1 Å². The summed E-state index contributed by atoms with van der Waals surface area (Å²) in [5, 5.41) is 5.47. The van der Waals surface area contributed by atoms with Crippen LogP contribution in [0, 0.1) is 0 Å². The van der Waals surface area contributed by atoms with Crippen molar-refractivity contribution in [2.45, 2.75) is 20.0 Å². The molecule has 1 unspecified atom stereocenters. The molecule has 3 aromatic rings. The summed E-state index contributed by atoms with van der Waals surface area (Å²) >= 11 is 0. The number of amides is 2. The van der Waals surface area contributed by atoms with Crippen molar-refractivity contribution in [2.75, 3.05) is 17.7 Å². The summed E-state index contributed by atoms with van der Waals surface area (Å²) in [6.45, 7) is 3.09. The van der Waals surface area contributed by atoms with Gasteiger partial charge in [-0.25, -0.2) is 0 Å². The average molecular weight is 404 g/mol. The van der Waals surface area contributed by atoms with Crippen LogP contribution in [0.3, 0.4) is 0 Å². The Hall–Kier alpha value is -3.80. The Bertz CT molecular complexity index is 1020. The second kappa shape index (κ2) is 9.60. The first kappa shape index (κ1) is 20.9. The van der Waals surface area contributed by atoms with Gasteiger partial charge in [0.25, 0.3) is 5.91 Å². The lowest BCUT2D eigenvalue weighted by atomic mass is 10.1. The molecule has 1 atom stereocenters. The van der Waals surface area contributed by atoms with Crippen molar-refractivity contribution in [1.29, 1.82) is 0 Å². The van der Waals surface area contributed by atoms with E-state index in [0.29, 0.717) is 22.9 Å². The Kier molecular flexibility index (Phi) is 6.70. The molecule has 0 heterocycles. The van der Waals surface area contributed by atoms with Crippen molar-refractivity contribution < 1.29 is 19.1 Å². The first-order valence-electron chi connectivity index (χ1n) is 9.55. The highest BCUT2D eigenvalue weighted by Gasteiger charge is 2.17. The maximum atomic E-state index is 12.6. The van der Waals surface area contributed by atoms with Crippen LogP contribution in [-0.2, 0) is 9.59 Å². The van der Waals surface area contributed by atoms with E-state index in [2.05, 4.69) is 10.6 Å². The van der Waals surface area contributed by atoms with E-state index in [1.807, 2.05) is 54.6 Å². The van der Waals surface area contributed by atoms with Crippen LogP contribution >= 0.6 is 0 Å². The normalized spacial score (nSPS) is 11.3. The number of rotatable bonds is 7. The Labute approximate surface area is 175 Å². The summed E-state index contributed by atoms with van der Waals surface area (Å²) in [7, 11) is 1.51. The number of methoxy groups -OCH3 is 1. The highest BCUT2D eigenvalue weighted by molar-refractivity contribution is 5.97. The van der Waals surface area contributed by atoms with E-state index in [1.54, 1.807) is 25.1 Å². The number of ether oxygens (including phenoxy) is 2. The van der Waals surface area contributed by atoms with Gasteiger partial charge in [-0.3, -0.25) is 9.59 Å². The average Bonchev–Trinajstić information content (AvgIpc) is 2.74. The van der Waals surface area contributed by atoms with Crippen LogP contribution in [0.4, 0.5) is 11.4 Å². The summed E-state index contributed by atoms with van der Waals surface area (Å²) in [6, 6.07) is 22.6. The third-order valence-corrected chi connectivity index (χ3v) is 4.42. The zero-order valence-corrected chi connectivity index (χ0v) is 17.1. The van der Waals surface area contributed by atoms with Gasteiger partial charge in [0.05, 0.1) is 12.8 Å². The fourth-order valence-corrected chi connectivity index (χ4v) is 2.94. The Morgan fingerprint density at radius 2 is 1.53 bits per heavy atom.